The third-order valence-electron chi connectivity index (χ3n) is 7.92. The van der Waals surface area contributed by atoms with Crippen LogP contribution in [0.3, 0.4) is 0 Å². The van der Waals surface area contributed by atoms with E-state index in [0.29, 0.717) is 22.9 Å². The predicted molar refractivity (Wildman–Crippen MR) is 173 cm³/mol. The fourth-order valence-electron chi connectivity index (χ4n) is 6.12. The summed E-state index contributed by atoms with van der Waals surface area (Å²) >= 11 is 7.67. The third-order valence-corrected chi connectivity index (χ3v) is 9.06. The van der Waals surface area contributed by atoms with Crippen LogP contribution in [-0.4, -0.2) is 35.1 Å². The number of ketones is 1. The number of likely N-dealkylation sites (tertiary alicyclic amines) is 1. The second-order valence-corrected chi connectivity index (χ2v) is 13.7. The minimum absolute atomic E-state index is 0.0723. The first-order chi connectivity index (χ1) is 20.6. The van der Waals surface area contributed by atoms with Crippen molar-refractivity contribution in [2.75, 3.05) is 6.54 Å². The number of rotatable bonds is 9. The summed E-state index contributed by atoms with van der Waals surface area (Å²) in [6.07, 6.45) is 0.887. The Labute approximate surface area is 262 Å². The molecule has 1 fully saturated rings. The molecule has 0 spiro atoms. The van der Waals surface area contributed by atoms with Gasteiger partial charge in [0.1, 0.15) is 6.04 Å². The third kappa shape index (κ3) is 7.09. The zero-order chi connectivity index (χ0) is 30.6. The Morgan fingerprint density at radius 2 is 1.49 bits per heavy atom. The van der Waals surface area contributed by atoms with Gasteiger partial charge in [-0.15, -0.1) is 11.3 Å². The van der Waals surface area contributed by atoms with E-state index in [1.54, 1.807) is 17.0 Å². The quantitative estimate of drug-likeness (QED) is 0.197. The van der Waals surface area contributed by atoms with Gasteiger partial charge in [-0.25, -0.2) is 0 Å². The van der Waals surface area contributed by atoms with E-state index in [2.05, 4.69) is 5.32 Å². The first-order valence-corrected chi connectivity index (χ1v) is 15.9. The van der Waals surface area contributed by atoms with Crippen LogP contribution in [-0.2, 0) is 16.0 Å². The number of benzene rings is 3. The minimum Gasteiger partial charge on any atom is -0.354 e. The lowest BCUT2D eigenvalue weighted by Crippen LogP contribution is -2.49. The zero-order valence-corrected chi connectivity index (χ0v) is 26.3. The van der Waals surface area contributed by atoms with E-state index in [1.165, 1.54) is 11.3 Å². The Morgan fingerprint density at radius 3 is 2.09 bits per heavy atom. The molecule has 0 bridgehead atoms. The number of nitrogens with zero attached hydrogens (tertiary/aromatic N) is 1. The Hall–Kier alpha value is -3.74. The van der Waals surface area contributed by atoms with Crippen molar-refractivity contribution in [1.29, 1.82) is 0 Å². The van der Waals surface area contributed by atoms with Crippen molar-refractivity contribution in [2.45, 2.75) is 51.6 Å². The number of hydrogen-bond donors (Lipinski definition) is 1. The fourth-order valence-corrected chi connectivity index (χ4v) is 6.96. The number of thiophene rings is 1. The lowest BCUT2D eigenvalue weighted by molar-refractivity contribution is -0.142. The van der Waals surface area contributed by atoms with E-state index >= 15 is 0 Å². The number of halogens is 1. The molecule has 222 valence electrons. The molecule has 2 amide bonds. The molecule has 4 unspecified atom stereocenters. The van der Waals surface area contributed by atoms with Gasteiger partial charge in [0.2, 0.25) is 11.8 Å². The van der Waals surface area contributed by atoms with Crippen LogP contribution in [0.5, 0.6) is 0 Å². The number of nitrogens with one attached hydrogen (secondary N) is 1. The molecule has 1 N–H and O–H groups in total. The van der Waals surface area contributed by atoms with Gasteiger partial charge < -0.3 is 10.2 Å². The van der Waals surface area contributed by atoms with Crippen LogP contribution in [0.15, 0.2) is 102 Å². The molecule has 4 aromatic rings. The van der Waals surface area contributed by atoms with Crippen molar-refractivity contribution in [3.05, 3.63) is 129 Å². The Bertz CT molecular complexity index is 1530. The summed E-state index contributed by atoms with van der Waals surface area (Å²) in [5.74, 6) is -1.75. The smallest absolute Gasteiger partial charge is 0.243 e. The van der Waals surface area contributed by atoms with Crippen molar-refractivity contribution >= 4 is 40.5 Å². The number of hydrogen-bond acceptors (Lipinski definition) is 4. The van der Waals surface area contributed by atoms with Gasteiger partial charge in [0.25, 0.3) is 0 Å². The Kier molecular flexibility index (Phi) is 9.48. The molecular formula is C36H37ClN2O3S. The average Bonchev–Trinajstić information content (AvgIpc) is 3.65. The van der Waals surface area contributed by atoms with Crippen molar-refractivity contribution in [3.63, 3.8) is 0 Å². The molecule has 1 aromatic heterocycles. The molecule has 43 heavy (non-hydrogen) atoms. The SMILES string of the molecule is CC(C)(C)CC(=O)N1C(C(=O)NCCc2ccccc2)C(c2ccc(Cl)cc2)C(C(=O)c2cccs2)C1c1ccccc1. The largest absolute Gasteiger partial charge is 0.354 e. The van der Waals surface area contributed by atoms with Gasteiger partial charge >= 0.3 is 0 Å². The van der Waals surface area contributed by atoms with Gasteiger partial charge in [0, 0.05) is 23.9 Å². The first kappa shape index (κ1) is 30.7. The molecule has 1 aliphatic heterocycles. The maximum Gasteiger partial charge on any atom is 0.243 e. The summed E-state index contributed by atoms with van der Waals surface area (Å²) in [5, 5.41) is 5.57. The van der Waals surface area contributed by atoms with E-state index in [-0.39, 0.29) is 29.4 Å². The highest BCUT2D eigenvalue weighted by Crippen LogP contribution is 2.52. The van der Waals surface area contributed by atoms with Gasteiger partial charge in [0.05, 0.1) is 16.8 Å². The first-order valence-electron chi connectivity index (χ1n) is 14.6. The van der Waals surface area contributed by atoms with Gasteiger partial charge in [-0.1, -0.05) is 111 Å². The van der Waals surface area contributed by atoms with Crippen LogP contribution in [0.4, 0.5) is 0 Å². The van der Waals surface area contributed by atoms with Gasteiger partial charge in [0.15, 0.2) is 5.78 Å². The zero-order valence-electron chi connectivity index (χ0n) is 24.7. The van der Waals surface area contributed by atoms with Crippen LogP contribution >= 0.6 is 22.9 Å². The predicted octanol–water partition coefficient (Wildman–Crippen LogP) is 7.73. The monoisotopic (exact) mass is 612 g/mol. The van der Waals surface area contributed by atoms with Crippen LogP contribution in [0.1, 0.15) is 65.5 Å². The van der Waals surface area contributed by atoms with E-state index < -0.39 is 23.9 Å². The fraction of sp³-hybridized carbons (Fsp3) is 0.306. The van der Waals surface area contributed by atoms with E-state index in [4.69, 9.17) is 11.6 Å². The average molecular weight is 613 g/mol. The van der Waals surface area contributed by atoms with Crippen LogP contribution in [0.2, 0.25) is 5.02 Å². The Morgan fingerprint density at radius 1 is 0.837 bits per heavy atom. The number of carbonyl (C=O) groups excluding carboxylic acids is 3. The molecular weight excluding hydrogens is 576 g/mol. The van der Waals surface area contributed by atoms with Gasteiger partial charge in [-0.2, -0.15) is 0 Å². The number of Topliss-reactive ketones (excluding diaryl/α,β-unsaturated/α-hetero) is 1. The molecule has 0 aliphatic carbocycles. The molecule has 4 atom stereocenters. The van der Waals surface area contributed by atoms with Crippen molar-refractivity contribution < 1.29 is 14.4 Å². The lowest BCUT2D eigenvalue weighted by atomic mass is 9.77. The van der Waals surface area contributed by atoms with Crippen LogP contribution in [0, 0.1) is 11.3 Å². The van der Waals surface area contributed by atoms with Crippen molar-refractivity contribution in [2.24, 2.45) is 11.3 Å². The highest BCUT2D eigenvalue weighted by molar-refractivity contribution is 7.12. The molecule has 0 saturated carbocycles. The maximum atomic E-state index is 14.5. The van der Waals surface area contributed by atoms with Crippen molar-refractivity contribution in [3.8, 4) is 0 Å². The minimum atomic E-state index is -0.897. The van der Waals surface area contributed by atoms with Crippen molar-refractivity contribution in [1.82, 2.24) is 10.2 Å². The molecule has 5 nitrogen and oxygen atoms in total. The highest BCUT2D eigenvalue weighted by Gasteiger charge is 2.57. The summed E-state index contributed by atoms with van der Waals surface area (Å²) < 4.78 is 0. The van der Waals surface area contributed by atoms with E-state index in [1.807, 2.05) is 111 Å². The van der Waals surface area contributed by atoms with E-state index in [9.17, 15) is 14.4 Å². The normalized spacial score (nSPS) is 20.1. The van der Waals surface area contributed by atoms with E-state index in [0.717, 1.165) is 16.7 Å². The van der Waals surface area contributed by atoms with Gasteiger partial charge in [-0.3, -0.25) is 14.4 Å². The summed E-state index contributed by atoms with van der Waals surface area (Å²) in [7, 11) is 0. The van der Waals surface area contributed by atoms with Crippen LogP contribution in [0.25, 0.3) is 0 Å². The summed E-state index contributed by atoms with van der Waals surface area (Å²) in [6.45, 7) is 6.45. The molecule has 2 heterocycles. The number of amides is 2. The molecule has 5 rings (SSSR count). The summed E-state index contributed by atoms with van der Waals surface area (Å²) in [6, 6.07) is 29.1. The lowest BCUT2D eigenvalue weighted by Gasteiger charge is -2.33. The summed E-state index contributed by atoms with van der Waals surface area (Å²) in [5.41, 5.74) is 2.42. The second-order valence-electron chi connectivity index (χ2n) is 12.3. The summed E-state index contributed by atoms with van der Waals surface area (Å²) in [4.78, 5) is 45.5. The maximum absolute atomic E-state index is 14.5. The number of carbonyl (C=O) groups is 3. The second kappa shape index (κ2) is 13.3. The molecule has 3 aromatic carbocycles. The molecule has 7 heteroatoms. The Balaban J connectivity index is 1.65. The molecule has 1 aliphatic rings. The topological polar surface area (TPSA) is 66.5 Å². The molecule has 1 saturated heterocycles. The standard InChI is InChI=1S/C36H37ClN2O3S/c1-36(2,3)23-29(40)39-32(26-13-8-5-9-14-26)31(34(41)28-15-10-22-43-28)30(25-16-18-27(37)19-17-25)33(39)35(42)38-21-20-24-11-6-4-7-12-24/h4-19,22,30-33H,20-21,23H2,1-3H3,(H,38,42). The highest BCUT2D eigenvalue weighted by atomic mass is 35.5. The molecule has 0 radical (unpaired) electrons. The van der Waals surface area contributed by atoms with Gasteiger partial charge in [-0.05, 0) is 52.1 Å². The van der Waals surface area contributed by atoms with Crippen LogP contribution < -0.4 is 5.32 Å².